The molecule has 2 heterocycles. The Morgan fingerprint density at radius 2 is 1.79 bits per heavy atom. The number of benzene rings is 1. The number of alkyl halides is 3. The van der Waals surface area contributed by atoms with Crippen molar-refractivity contribution in [2.24, 2.45) is 0 Å². The van der Waals surface area contributed by atoms with E-state index < -0.39 is 11.7 Å². The highest BCUT2D eigenvalue weighted by molar-refractivity contribution is 5.63. The van der Waals surface area contributed by atoms with E-state index in [0.717, 1.165) is 6.07 Å². The Labute approximate surface area is 135 Å². The second-order valence-electron chi connectivity index (χ2n) is 4.89. The van der Waals surface area contributed by atoms with Crippen molar-refractivity contribution in [3.05, 3.63) is 66.4 Å². The number of aromatic nitrogens is 2. The molecular formula is C16H13F3N4O. The highest BCUT2D eigenvalue weighted by atomic mass is 19.4. The maximum atomic E-state index is 13.0. The Morgan fingerprint density at radius 3 is 2.54 bits per heavy atom. The molecular weight excluding hydrogens is 321 g/mol. The summed E-state index contributed by atoms with van der Waals surface area (Å²) in [4.78, 5) is 7.98. The normalized spacial score (nSPS) is 11.3. The lowest BCUT2D eigenvalue weighted by Crippen LogP contribution is -2.09. The Balaban J connectivity index is 1.75. The first kappa shape index (κ1) is 15.9. The number of para-hydroxylation sites is 1. The summed E-state index contributed by atoms with van der Waals surface area (Å²) in [6.45, 7) is 0.405. The van der Waals surface area contributed by atoms with Crippen molar-refractivity contribution in [2.45, 2.75) is 12.7 Å². The van der Waals surface area contributed by atoms with Crippen LogP contribution in [0.25, 0.3) is 0 Å². The number of halogens is 3. The SMILES string of the molecule is FC(F)(F)c1ccccc1Nc1cc(NCc2ccco2)ncn1. The van der Waals surface area contributed by atoms with E-state index in [0.29, 0.717) is 18.1 Å². The maximum absolute atomic E-state index is 13.0. The summed E-state index contributed by atoms with van der Waals surface area (Å²) in [7, 11) is 0. The smallest absolute Gasteiger partial charge is 0.418 e. The van der Waals surface area contributed by atoms with Crippen LogP contribution in [0.5, 0.6) is 0 Å². The van der Waals surface area contributed by atoms with Crippen molar-refractivity contribution in [3.8, 4) is 0 Å². The molecule has 0 bridgehead atoms. The van der Waals surface area contributed by atoms with Crippen LogP contribution < -0.4 is 10.6 Å². The van der Waals surface area contributed by atoms with Gasteiger partial charge in [0.2, 0.25) is 0 Å². The lowest BCUT2D eigenvalue weighted by atomic mass is 10.1. The van der Waals surface area contributed by atoms with Gasteiger partial charge >= 0.3 is 6.18 Å². The Bertz CT molecular complexity index is 803. The minimum Gasteiger partial charge on any atom is -0.467 e. The molecule has 0 aliphatic heterocycles. The lowest BCUT2D eigenvalue weighted by molar-refractivity contribution is -0.136. The predicted octanol–water partition coefficient (Wildman–Crippen LogP) is 4.44. The topological polar surface area (TPSA) is 63.0 Å². The summed E-state index contributed by atoms with van der Waals surface area (Å²) in [5.74, 6) is 1.43. The fraction of sp³-hybridized carbons (Fsp3) is 0.125. The number of hydrogen-bond donors (Lipinski definition) is 2. The number of nitrogens with one attached hydrogen (secondary N) is 2. The van der Waals surface area contributed by atoms with E-state index in [2.05, 4.69) is 20.6 Å². The van der Waals surface area contributed by atoms with Crippen LogP contribution in [-0.4, -0.2) is 9.97 Å². The summed E-state index contributed by atoms with van der Waals surface area (Å²) in [5, 5.41) is 5.69. The fourth-order valence-corrected chi connectivity index (χ4v) is 2.09. The molecule has 2 N–H and O–H groups in total. The van der Waals surface area contributed by atoms with Crippen molar-refractivity contribution in [3.63, 3.8) is 0 Å². The lowest BCUT2D eigenvalue weighted by Gasteiger charge is -2.14. The van der Waals surface area contributed by atoms with Crippen LogP contribution >= 0.6 is 0 Å². The number of hydrogen-bond acceptors (Lipinski definition) is 5. The van der Waals surface area contributed by atoms with E-state index in [1.807, 2.05) is 0 Å². The monoisotopic (exact) mass is 334 g/mol. The van der Waals surface area contributed by atoms with Gasteiger partial charge in [-0.25, -0.2) is 9.97 Å². The molecule has 5 nitrogen and oxygen atoms in total. The number of rotatable bonds is 5. The summed E-state index contributed by atoms with van der Waals surface area (Å²) in [6, 6.07) is 10.3. The van der Waals surface area contributed by atoms with Gasteiger partial charge in [0.05, 0.1) is 24.1 Å². The largest absolute Gasteiger partial charge is 0.467 e. The fourth-order valence-electron chi connectivity index (χ4n) is 2.09. The van der Waals surface area contributed by atoms with Crippen LogP contribution in [-0.2, 0) is 12.7 Å². The third-order valence-corrected chi connectivity index (χ3v) is 3.19. The average molecular weight is 334 g/mol. The van der Waals surface area contributed by atoms with Gasteiger partial charge in [0.15, 0.2) is 0 Å². The molecule has 0 aliphatic rings. The van der Waals surface area contributed by atoms with Crippen LogP contribution in [0.4, 0.5) is 30.5 Å². The molecule has 0 amide bonds. The van der Waals surface area contributed by atoms with E-state index in [4.69, 9.17) is 4.42 Å². The van der Waals surface area contributed by atoms with Crippen LogP contribution in [0.3, 0.4) is 0 Å². The van der Waals surface area contributed by atoms with E-state index >= 15 is 0 Å². The van der Waals surface area contributed by atoms with E-state index in [-0.39, 0.29) is 11.5 Å². The van der Waals surface area contributed by atoms with Crippen LogP contribution in [0.15, 0.2) is 59.5 Å². The van der Waals surface area contributed by atoms with Crippen molar-refractivity contribution >= 4 is 17.3 Å². The highest BCUT2D eigenvalue weighted by Crippen LogP contribution is 2.35. The zero-order valence-corrected chi connectivity index (χ0v) is 12.3. The molecule has 124 valence electrons. The summed E-state index contributed by atoms with van der Waals surface area (Å²) >= 11 is 0. The molecule has 8 heteroatoms. The summed E-state index contributed by atoms with van der Waals surface area (Å²) < 4.78 is 44.2. The molecule has 0 atom stereocenters. The minimum absolute atomic E-state index is 0.0688. The average Bonchev–Trinajstić information content (AvgIpc) is 3.06. The van der Waals surface area contributed by atoms with Gasteiger partial charge in [0, 0.05) is 6.07 Å². The zero-order valence-electron chi connectivity index (χ0n) is 12.3. The molecule has 0 saturated carbocycles. The van der Waals surface area contributed by atoms with Crippen molar-refractivity contribution in [1.82, 2.24) is 9.97 Å². The van der Waals surface area contributed by atoms with Gasteiger partial charge in [-0.05, 0) is 24.3 Å². The second kappa shape index (κ2) is 6.61. The first-order chi connectivity index (χ1) is 11.5. The molecule has 0 spiro atoms. The third kappa shape index (κ3) is 3.83. The van der Waals surface area contributed by atoms with E-state index in [1.165, 1.54) is 30.6 Å². The Morgan fingerprint density at radius 1 is 1.00 bits per heavy atom. The van der Waals surface area contributed by atoms with Gasteiger partial charge in [0.1, 0.15) is 23.7 Å². The molecule has 0 fully saturated rings. The Hall–Kier alpha value is -3.03. The molecule has 2 aromatic heterocycles. The molecule has 3 rings (SSSR count). The number of anilines is 3. The van der Waals surface area contributed by atoms with Gasteiger partial charge in [-0.3, -0.25) is 0 Å². The summed E-state index contributed by atoms with van der Waals surface area (Å²) in [5.41, 5.74) is -0.825. The van der Waals surface area contributed by atoms with Gasteiger partial charge in [-0.2, -0.15) is 13.2 Å². The second-order valence-corrected chi connectivity index (χ2v) is 4.89. The van der Waals surface area contributed by atoms with Crippen molar-refractivity contribution < 1.29 is 17.6 Å². The first-order valence-electron chi connectivity index (χ1n) is 7.04. The van der Waals surface area contributed by atoms with E-state index in [9.17, 15) is 13.2 Å². The van der Waals surface area contributed by atoms with Crippen molar-refractivity contribution in [1.29, 1.82) is 0 Å². The third-order valence-electron chi connectivity index (χ3n) is 3.19. The zero-order chi connectivity index (χ0) is 17.0. The number of nitrogens with zero attached hydrogens (tertiary/aromatic N) is 2. The molecule has 0 aliphatic carbocycles. The molecule has 0 saturated heterocycles. The molecule has 1 aromatic carbocycles. The van der Waals surface area contributed by atoms with Gasteiger partial charge in [-0.15, -0.1) is 0 Å². The van der Waals surface area contributed by atoms with Gasteiger partial charge in [0.25, 0.3) is 0 Å². The maximum Gasteiger partial charge on any atom is 0.418 e. The van der Waals surface area contributed by atoms with Gasteiger partial charge in [-0.1, -0.05) is 12.1 Å². The summed E-state index contributed by atoms with van der Waals surface area (Å²) in [6.07, 6.45) is -1.63. The molecule has 0 radical (unpaired) electrons. The first-order valence-corrected chi connectivity index (χ1v) is 7.04. The predicted molar refractivity (Wildman–Crippen MR) is 82.8 cm³/mol. The van der Waals surface area contributed by atoms with Gasteiger partial charge < -0.3 is 15.1 Å². The Kier molecular flexibility index (Phi) is 4.37. The highest BCUT2D eigenvalue weighted by Gasteiger charge is 2.33. The van der Waals surface area contributed by atoms with Crippen LogP contribution in [0.1, 0.15) is 11.3 Å². The van der Waals surface area contributed by atoms with Crippen LogP contribution in [0, 0.1) is 0 Å². The quantitative estimate of drug-likeness (QED) is 0.722. The molecule has 24 heavy (non-hydrogen) atoms. The van der Waals surface area contributed by atoms with E-state index in [1.54, 1.807) is 18.4 Å². The van der Waals surface area contributed by atoms with Crippen LogP contribution in [0.2, 0.25) is 0 Å². The minimum atomic E-state index is -4.45. The standard InChI is InChI=1S/C16H13F3N4O/c17-16(18,19)12-5-1-2-6-13(12)23-15-8-14(21-10-22-15)20-9-11-4-3-7-24-11/h1-8,10H,9H2,(H2,20,21,22,23). The number of furan rings is 1. The molecule has 0 unspecified atom stereocenters. The molecule has 3 aromatic rings. The van der Waals surface area contributed by atoms with Crippen molar-refractivity contribution in [2.75, 3.05) is 10.6 Å².